The van der Waals surface area contributed by atoms with E-state index in [4.69, 9.17) is 0 Å². The molecule has 6 rings (SSSR count). The van der Waals surface area contributed by atoms with Gasteiger partial charge in [0.2, 0.25) is 0 Å². The van der Waals surface area contributed by atoms with Gasteiger partial charge in [-0.05, 0) is 68.4 Å². The molecule has 2 aromatic carbocycles. The smallest absolute Gasteiger partial charge is 0.138 e. The summed E-state index contributed by atoms with van der Waals surface area (Å²) in [6.07, 6.45) is 10.3. The Bertz CT molecular complexity index is 1270. The van der Waals surface area contributed by atoms with Crippen molar-refractivity contribution in [3.8, 4) is 5.69 Å². The number of aliphatic hydroxyl groups is 1. The maximum absolute atomic E-state index is 11.1. The summed E-state index contributed by atoms with van der Waals surface area (Å²) >= 11 is 0. The van der Waals surface area contributed by atoms with E-state index in [1.54, 1.807) is 17.3 Å². The van der Waals surface area contributed by atoms with E-state index in [0.717, 1.165) is 56.5 Å². The summed E-state index contributed by atoms with van der Waals surface area (Å²) in [5.74, 6) is 0. The van der Waals surface area contributed by atoms with Gasteiger partial charge in [0.1, 0.15) is 12.7 Å². The molecule has 2 fully saturated rings. The standard InChI is InChI=1S/C28H34N6O/c1-28(33-15-5-9-26(35)27(33)21-7-3-2-4-8-21)13-6-14-32(28)16-12-22-18-30-25-11-10-23(17-24(22)25)34-20-29-19-31-34/h2-4,7-8,10-11,17-20,26-27,30,35H,5-6,9,12-16H2,1H3/t26-,27-,28?/m1/s1. The Morgan fingerprint density at radius 2 is 2.00 bits per heavy atom. The molecule has 0 amide bonds. The Hall–Kier alpha value is -3.00. The van der Waals surface area contributed by atoms with Crippen molar-refractivity contribution in [2.24, 2.45) is 0 Å². The highest BCUT2D eigenvalue weighted by Crippen LogP contribution is 2.42. The van der Waals surface area contributed by atoms with E-state index in [-0.39, 0.29) is 17.8 Å². The van der Waals surface area contributed by atoms with Gasteiger partial charge in [-0.3, -0.25) is 9.80 Å². The number of H-pyrrole nitrogens is 1. The maximum atomic E-state index is 11.1. The molecule has 0 radical (unpaired) electrons. The van der Waals surface area contributed by atoms with Gasteiger partial charge in [0.05, 0.1) is 23.5 Å². The molecule has 4 aromatic rings. The van der Waals surface area contributed by atoms with Crippen LogP contribution in [0.3, 0.4) is 0 Å². The van der Waals surface area contributed by atoms with Crippen molar-refractivity contribution in [3.63, 3.8) is 0 Å². The largest absolute Gasteiger partial charge is 0.391 e. The highest BCUT2D eigenvalue weighted by Gasteiger charge is 2.47. The lowest BCUT2D eigenvalue weighted by Gasteiger charge is -2.52. The van der Waals surface area contributed by atoms with Gasteiger partial charge in [-0.1, -0.05) is 30.3 Å². The summed E-state index contributed by atoms with van der Waals surface area (Å²) in [6, 6.07) is 17.0. The van der Waals surface area contributed by atoms with Crippen molar-refractivity contribution in [2.45, 2.75) is 56.8 Å². The predicted molar refractivity (Wildman–Crippen MR) is 137 cm³/mol. The molecule has 2 saturated heterocycles. The van der Waals surface area contributed by atoms with Crippen molar-refractivity contribution < 1.29 is 5.11 Å². The van der Waals surface area contributed by atoms with Gasteiger partial charge in [-0.2, -0.15) is 5.10 Å². The second kappa shape index (κ2) is 9.22. The molecule has 4 heterocycles. The number of hydrogen-bond acceptors (Lipinski definition) is 5. The fraction of sp³-hybridized carbons (Fsp3) is 0.429. The molecule has 0 spiro atoms. The topological polar surface area (TPSA) is 73.2 Å². The average molecular weight is 471 g/mol. The van der Waals surface area contributed by atoms with E-state index < -0.39 is 0 Å². The maximum Gasteiger partial charge on any atom is 0.138 e. The number of likely N-dealkylation sites (tertiary alicyclic amines) is 2. The van der Waals surface area contributed by atoms with E-state index >= 15 is 0 Å². The summed E-state index contributed by atoms with van der Waals surface area (Å²) in [4.78, 5) is 12.8. The fourth-order valence-corrected chi connectivity index (χ4v) is 6.36. The number of aliphatic hydroxyl groups excluding tert-OH is 1. The van der Waals surface area contributed by atoms with Crippen LogP contribution in [0.15, 0.2) is 67.4 Å². The summed E-state index contributed by atoms with van der Waals surface area (Å²) in [5, 5.41) is 16.6. The highest BCUT2D eigenvalue weighted by atomic mass is 16.3. The van der Waals surface area contributed by atoms with E-state index in [0.29, 0.717) is 0 Å². The van der Waals surface area contributed by atoms with Crippen LogP contribution < -0.4 is 0 Å². The number of nitrogens with zero attached hydrogens (tertiary/aromatic N) is 5. The third kappa shape index (κ3) is 4.07. The predicted octanol–water partition coefficient (Wildman–Crippen LogP) is 4.30. The zero-order valence-electron chi connectivity index (χ0n) is 20.3. The Balaban J connectivity index is 1.25. The molecule has 2 aliphatic heterocycles. The first-order valence-corrected chi connectivity index (χ1v) is 12.8. The molecule has 2 N–H and O–H groups in total. The lowest BCUT2D eigenvalue weighted by molar-refractivity contribution is -0.101. The number of rotatable bonds is 6. The van der Waals surface area contributed by atoms with Gasteiger partial charge in [0.25, 0.3) is 0 Å². The molecule has 2 aromatic heterocycles. The molecule has 0 aliphatic carbocycles. The molecule has 182 valence electrons. The van der Waals surface area contributed by atoms with Crippen LogP contribution in [0, 0.1) is 0 Å². The Kier molecular flexibility index (Phi) is 5.92. The van der Waals surface area contributed by atoms with Crippen molar-refractivity contribution in [3.05, 3.63) is 78.5 Å². The minimum atomic E-state index is -0.325. The number of hydrogen-bond donors (Lipinski definition) is 2. The Morgan fingerprint density at radius 1 is 1.11 bits per heavy atom. The number of benzene rings is 2. The quantitative estimate of drug-likeness (QED) is 0.440. The third-order valence-electron chi connectivity index (χ3n) is 8.20. The third-order valence-corrected chi connectivity index (χ3v) is 8.20. The van der Waals surface area contributed by atoms with E-state index in [1.807, 2.05) is 0 Å². The summed E-state index contributed by atoms with van der Waals surface area (Å²) in [5.41, 5.74) is 4.67. The number of aromatic nitrogens is 4. The molecular weight excluding hydrogens is 436 g/mol. The molecule has 7 heteroatoms. The molecule has 35 heavy (non-hydrogen) atoms. The fourth-order valence-electron chi connectivity index (χ4n) is 6.36. The summed E-state index contributed by atoms with van der Waals surface area (Å²) in [6.45, 7) is 5.51. The van der Waals surface area contributed by atoms with Gasteiger partial charge in [-0.25, -0.2) is 9.67 Å². The van der Waals surface area contributed by atoms with Crippen LogP contribution in [0.25, 0.3) is 16.6 Å². The molecule has 0 bridgehead atoms. The van der Waals surface area contributed by atoms with E-state index in [1.165, 1.54) is 22.9 Å². The minimum absolute atomic E-state index is 0.0499. The first-order valence-electron chi connectivity index (χ1n) is 12.8. The van der Waals surface area contributed by atoms with Gasteiger partial charge >= 0.3 is 0 Å². The Labute approximate surface area is 206 Å². The molecule has 0 saturated carbocycles. The summed E-state index contributed by atoms with van der Waals surface area (Å²) in [7, 11) is 0. The Morgan fingerprint density at radius 3 is 2.83 bits per heavy atom. The lowest BCUT2D eigenvalue weighted by atomic mass is 9.88. The second-order valence-corrected chi connectivity index (χ2v) is 10.2. The van der Waals surface area contributed by atoms with Crippen LogP contribution in [0.2, 0.25) is 0 Å². The monoisotopic (exact) mass is 470 g/mol. The molecule has 7 nitrogen and oxygen atoms in total. The van der Waals surface area contributed by atoms with Gasteiger partial charge in [0.15, 0.2) is 0 Å². The van der Waals surface area contributed by atoms with Crippen LogP contribution >= 0.6 is 0 Å². The normalized spacial score (nSPS) is 26.0. The SMILES string of the molecule is CC1(N2CCC[C@@H](O)[C@H]2c2ccccc2)CCCN1CCc1c[nH]c2ccc(-n3cncn3)cc12. The summed E-state index contributed by atoms with van der Waals surface area (Å²) < 4.78 is 1.80. The molecule has 2 aliphatic rings. The van der Waals surface area contributed by atoms with Gasteiger partial charge < -0.3 is 10.1 Å². The van der Waals surface area contributed by atoms with E-state index in [9.17, 15) is 5.11 Å². The number of fused-ring (bicyclic) bond motifs is 1. The molecule has 3 atom stereocenters. The number of aromatic amines is 1. The number of nitrogens with one attached hydrogen (secondary N) is 1. The van der Waals surface area contributed by atoms with E-state index in [2.05, 4.69) is 86.5 Å². The van der Waals surface area contributed by atoms with Crippen molar-refractivity contribution >= 4 is 10.9 Å². The highest BCUT2D eigenvalue weighted by molar-refractivity contribution is 5.85. The van der Waals surface area contributed by atoms with Crippen LogP contribution in [0.1, 0.15) is 49.8 Å². The van der Waals surface area contributed by atoms with Crippen molar-refractivity contribution in [1.82, 2.24) is 29.5 Å². The molecule has 1 unspecified atom stereocenters. The van der Waals surface area contributed by atoms with Crippen LogP contribution in [0.4, 0.5) is 0 Å². The second-order valence-electron chi connectivity index (χ2n) is 10.2. The zero-order valence-corrected chi connectivity index (χ0v) is 20.3. The lowest BCUT2D eigenvalue weighted by Crippen LogP contribution is -2.60. The van der Waals surface area contributed by atoms with Crippen molar-refractivity contribution in [1.29, 1.82) is 0 Å². The van der Waals surface area contributed by atoms with Crippen LogP contribution in [0.5, 0.6) is 0 Å². The van der Waals surface area contributed by atoms with Crippen molar-refractivity contribution in [2.75, 3.05) is 19.6 Å². The van der Waals surface area contributed by atoms with Gasteiger partial charge in [0, 0.05) is 36.7 Å². The van der Waals surface area contributed by atoms with Crippen LogP contribution in [-0.2, 0) is 6.42 Å². The first kappa shape index (κ1) is 22.5. The first-order chi connectivity index (χ1) is 17.1. The van der Waals surface area contributed by atoms with Crippen LogP contribution in [-0.4, -0.2) is 66.1 Å². The zero-order chi connectivity index (χ0) is 23.8. The van der Waals surface area contributed by atoms with Gasteiger partial charge in [-0.15, -0.1) is 0 Å². The number of piperidine rings is 1. The minimum Gasteiger partial charge on any atom is -0.391 e. The molecular formula is C28H34N6O. The average Bonchev–Trinajstić information content (AvgIpc) is 3.64.